The van der Waals surface area contributed by atoms with Crippen molar-refractivity contribution in [2.24, 2.45) is 35.5 Å². The van der Waals surface area contributed by atoms with Crippen LogP contribution < -0.4 is 15.1 Å². The van der Waals surface area contributed by atoms with E-state index in [1.165, 1.54) is 0 Å². The molecule has 8 rings (SSSR count). The SMILES string of the molecule is C.C[C@H]1C[C@@H](CC(=O)CC2CN(C)C2)CN(c2ccc(C#N)c3nccnc23)C1.C[C@H]1C[C@@H](CC(=O)CC2CNC2)CN(c2ccc(C#N)c3nccnc23)C1. The van der Waals surface area contributed by atoms with Crippen LogP contribution in [0.2, 0.25) is 0 Å². The van der Waals surface area contributed by atoms with Gasteiger partial charge in [0, 0.05) is 89.7 Å². The van der Waals surface area contributed by atoms with E-state index in [4.69, 9.17) is 0 Å². The molecule has 0 radical (unpaired) electrons. The second kappa shape index (κ2) is 18.3. The van der Waals surface area contributed by atoms with E-state index in [0.29, 0.717) is 88.5 Å². The van der Waals surface area contributed by atoms with Crippen molar-refractivity contribution in [1.29, 1.82) is 10.5 Å². The third-order valence-electron chi connectivity index (χ3n) is 11.7. The Bertz CT molecular complexity index is 2100. The molecule has 2 aromatic carbocycles. The first kappa shape index (κ1) is 40.6. The molecule has 1 N–H and O–H groups in total. The fraction of sp³-hybridized carbons (Fsp3) is 0.545. The Kier molecular flexibility index (Phi) is 13.3. The van der Waals surface area contributed by atoms with Gasteiger partial charge in [0.15, 0.2) is 0 Å². The van der Waals surface area contributed by atoms with E-state index in [1.54, 1.807) is 24.8 Å². The number of rotatable bonds is 10. The van der Waals surface area contributed by atoms with E-state index in [9.17, 15) is 20.1 Å². The van der Waals surface area contributed by atoms with Crippen molar-refractivity contribution in [3.05, 3.63) is 60.2 Å². The van der Waals surface area contributed by atoms with Crippen LogP contribution in [-0.2, 0) is 9.59 Å². The number of ketones is 2. The van der Waals surface area contributed by atoms with Crippen LogP contribution in [0.15, 0.2) is 49.1 Å². The summed E-state index contributed by atoms with van der Waals surface area (Å²) in [6.45, 7) is 12.2. The molecule has 4 saturated heterocycles. The van der Waals surface area contributed by atoms with Crippen LogP contribution in [-0.4, -0.2) is 95.8 Å². The monoisotopic (exact) mass is 756 g/mol. The molecule has 4 atom stereocenters. The average Bonchev–Trinajstić information content (AvgIpc) is 3.14. The van der Waals surface area contributed by atoms with Gasteiger partial charge in [-0.15, -0.1) is 0 Å². The van der Waals surface area contributed by atoms with Crippen LogP contribution in [0, 0.1) is 58.2 Å². The Morgan fingerprint density at radius 3 is 1.43 bits per heavy atom. The quantitative estimate of drug-likeness (QED) is 0.201. The van der Waals surface area contributed by atoms with Crippen LogP contribution >= 0.6 is 0 Å². The third kappa shape index (κ3) is 9.49. The van der Waals surface area contributed by atoms with Crippen LogP contribution in [0.25, 0.3) is 22.1 Å². The summed E-state index contributed by atoms with van der Waals surface area (Å²) in [7, 11) is 2.10. The van der Waals surface area contributed by atoms with E-state index in [0.717, 1.165) is 94.0 Å². The number of nitrogens with zero attached hydrogens (tertiary/aromatic N) is 9. The molecule has 6 heterocycles. The molecule has 0 saturated carbocycles. The highest BCUT2D eigenvalue weighted by Crippen LogP contribution is 2.35. The van der Waals surface area contributed by atoms with E-state index in [1.807, 2.05) is 24.3 Å². The van der Waals surface area contributed by atoms with Gasteiger partial charge in [0.1, 0.15) is 45.8 Å². The van der Waals surface area contributed by atoms with Crippen molar-refractivity contribution in [1.82, 2.24) is 30.2 Å². The number of anilines is 2. The molecule has 4 aliphatic heterocycles. The molecule has 56 heavy (non-hydrogen) atoms. The van der Waals surface area contributed by atoms with E-state index in [2.05, 4.69) is 73.0 Å². The predicted octanol–water partition coefficient (Wildman–Crippen LogP) is 6.04. The fourth-order valence-corrected chi connectivity index (χ4v) is 9.33. The molecule has 12 nitrogen and oxygen atoms in total. The number of benzene rings is 2. The summed E-state index contributed by atoms with van der Waals surface area (Å²) in [6.07, 6.45) is 11.6. The van der Waals surface area contributed by atoms with Gasteiger partial charge in [0.25, 0.3) is 0 Å². The van der Waals surface area contributed by atoms with Crippen molar-refractivity contribution in [3.8, 4) is 12.1 Å². The van der Waals surface area contributed by atoms with Crippen LogP contribution in [0.3, 0.4) is 0 Å². The van der Waals surface area contributed by atoms with Crippen LogP contribution in [0.5, 0.6) is 0 Å². The van der Waals surface area contributed by atoms with Crippen LogP contribution in [0.1, 0.15) is 70.9 Å². The number of hydrogen-bond acceptors (Lipinski definition) is 12. The van der Waals surface area contributed by atoms with Gasteiger partial charge in [-0.1, -0.05) is 21.3 Å². The highest BCUT2D eigenvalue weighted by Gasteiger charge is 2.32. The standard InChI is InChI=1S/C22H27N5O.C21H25N5O.CH4/c1-15-7-16(8-19(28)9-17-12-26(2)13-17)14-27(11-15)20-4-3-18(10-23)21-22(20)25-6-5-24-21;1-14-6-15(7-18(27)8-16-10-23-11-16)13-26(12-14)19-3-2-17(9-22)20-21(19)25-5-4-24-20;/h3-6,15-17H,7-9,11-14H2,1-2H3;2-5,14-16,23H,6-8,10-13H2,1H3;1H4/t15-,16-;14-,15-;/m00./s1. The highest BCUT2D eigenvalue weighted by atomic mass is 16.1. The maximum absolute atomic E-state index is 12.6. The zero-order valence-electron chi connectivity index (χ0n) is 32.3. The second-order valence-corrected chi connectivity index (χ2v) is 16.7. The lowest BCUT2D eigenvalue weighted by atomic mass is 9.84. The summed E-state index contributed by atoms with van der Waals surface area (Å²) in [6, 6.07) is 12.0. The molecule has 0 unspecified atom stereocenters. The highest BCUT2D eigenvalue weighted by molar-refractivity contribution is 5.93. The lowest BCUT2D eigenvalue weighted by Crippen LogP contribution is -2.45. The Hall–Kier alpha value is -5.04. The molecule has 2 aromatic heterocycles. The molecular weight excluding hydrogens is 701 g/mol. The Labute approximate surface area is 331 Å². The summed E-state index contributed by atoms with van der Waals surface area (Å²) in [4.78, 5) is 49.7. The lowest BCUT2D eigenvalue weighted by Gasteiger charge is -2.39. The van der Waals surface area contributed by atoms with E-state index >= 15 is 0 Å². The minimum Gasteiger partial charge on any atom is -0.369 e. The van der Waals surface area contributed by atoms with Gasteiger partial charge >= 0.3 is 0 Å². The molecule has 0 bridgehead atoms. The number of carbonyl (C=O) groups excluding carboxylic acids is 2. The predicted molar refractivity (Wildman–Crippen MR) is 220 cm³/mol. The maximum atomic E-state index is 12.6. The minimum absolute atomic E-state index is 0. The number of hydrogen-bond donors (Lipinski definition) is 1. The van der Waals surface area contributed by atoms with Crippen molar-refractivity contribution >= 4 is 45.0 Å². The summed E-state index contributed by atoms with van der Waals surface area (Å²) in [5.41, 5.74) is 6.00. The molecule has 12 heteroatoms. The summed E-state index contributed by atoms with van der Waals surface area (Å²) >= 11 is 0. The van der Waals surface area contributed by atoms with E-state index in [-0.39, 0.29) is 7.43 Å². The van der Waals surface area contributed by atoms with Gasteiger partial charge in [-0.2, -0.15) is 10.5 Å². The molecular formula is C44H56N10O2. The van der Waals surface area contributed by atoms with Gasteiger partial charge in [-0.25, -0.2) is 0 Å². The second-order valence-electron chi connectivity index (χ2n) is 16.7. The number of aromatic nitrogens is 4. The summed E-state index contributed by atoms with van der Waals surface area (Å²) < 4.78 is 0. The first-order chi connectivity index (χ1) is 26.7. The van der Waals surface area contributed by atoms with Gasteiger partial charge in [-0.3, -0.25) is 29.5 Å². The smallest absolute Gasteiger partial charge is 0.133 e. The Morgan fingerprint density at radius 2 is 1.04 bits per heavy atom. The van der Waals surface area contributed by atoms with Crippen molar-refractivity contribution < 1.29 is 9.59 Å². The van der Waals surface area contributed by atoms with Crippen molar-refractivity contribution in [2.75, 3.05) is 69.2 Å². The van der Waals surface area contributed by atoms with Gasteiger partial charge in [-0.05, 0) is 92.8 Å². The largest absolute Gasteiger partial charge is 0.369 e. The molecule has 0 amide bonds. The Balaban J connectivity index is 0.000000187. The minimum atomic E-state index is 0. The Morgan fingerprint density at radius 1 is 0.625 bits per heavy atom. The van der Waals surface area contributed by atoms with Crippen LogP contribution in [0.4, 0.5) is 11.4 Å². The van der Waals surface area contributed by atoms with Gasteiger partial charge < -0.3 is 20.0 Å². The molecule has 294 valence electrons. The number of nitriles is 2. The number of likely N-dealkylation sites (tertiary alicyclic amines) is 1. The number of carbonyl (C=O) groups is 2. The average molecular weight is 757 g/mol. The van der Waals surface area contributed by atoms with Gasteiger partial charge in [0.05, 0.1) is 22.5 Å². The number of Topliss-reactive ketones (excluding diaryl/α,β-unsaturated/α-hetero) is 2. The van der Waals surface area contributed by atoms with Crippen molar-refractivity contribution in [2.45, 2.75) is 59.8 Å². The summed E-state index contributed by atoms with van der Waals surface area (Å²) in [5.74, 6) is 3.66. The van der Waals surface area contributed by atoms with Crippen molar-refractivity contribution in [3.63, 3.8) is 0 Å². The molecule has 0 spiro atoms. The number of nitrogens with one attached hydrogen (secondary N) is 1. The van der Waals surface area contributed by atoms with E-state index < -0.39 is 0 Å². The lowest BCUT2D eigenvalue weighted by molar-refractivity contribution is -0.122. The molecule has 4 aliphatic rings. The normalized spacial score (nSPS) is 22.8. The zero-order chi connectivity index (χ0) is 38.5. The number of piperidine rings is 2. The number of fused-ring (bicyclic) bond motifs is 2. The fourth-order valence-electron chi connectivity index (χ4n) is 9.33. The maximum Gasteiger partial charge on any atom is 0.133 e. The molecule has 4 fully saturated rings. The molecule has 4 aromatic rings. The zero-order valence-corrected chi connectivity index (χ0v) is 32.3. The third-order valence-corrected chi connectivity index (χ3v) is 11.7. The molecule has 0 aliphatic carbocycles. The summed E-state index contributed by atoms with van der Waals surface area (Å²) in [5, 5.41) is 21.9. The topological polar surface area (TPSA) is 155 Å². The van der Waals surface area contributed by atoms with Gasteiger partial charge in [0.2, 0.25) is 0 Å². The first-order valence-corrected chi connectivity index (χ1v) is 19.9. The first-order valence-electron chi connectivity index (χ1n) is 19.9.